The lowest BCUT2D eigenvalue weighted by Crippen LogP contribution is -2.14. The molecule has 0 aliphatic heterocycles. The Morgan fingerprint density at radius 3 is 2.33 bits per heavy atom. The Labute approximate surface area is 158 Å². The van der Waals surface area contributed by atoms with E-state index in [0.29, 0.717) is 5.75 Å². The van der Waals surface area contributed by atoms with E-state index in [0.717, 1.165) is 21.9 Å². The molecule has 0 amide bonds. The van der Waals surface area contributed by atoms with Crippen molar-refractivity contribution in [2.45, 2.75) is 13.3 Å². The Balaban J connectivity index is 1.81. The van der Waals surface area contributed by atoms with Crippen molar-refractivity contribution in [3.63, 3.8) is 0 Å². The average molecular weight is 360 g/mol. The zero-order valence-corrected chi connectivity index (χ0v) is 15.3. The number of aryl methyl sites for hydroxylation is 1. The van der Waals surface area contributed by atoms with Gasteiger partial charge in [0, 0.05) is 5.39 Å². The maximum Gasteiger partial charge on any atom is 0.322 e. The van der Waals surface area contributed by atoms with Crippen molar-refractivity contribution in [3.8, 4) is 5.75 Å². The third-order valence-corrected chi connectivity index (χ3v) is 4.15. The van der Waals surface area contributed by atoms with Gasteiger partial charge in [-0.1, -0.05) is 66.2 Å². The summed E-state index contributed by atoms with van der Waals surface area (Å²) in [6.07, 6.45) is 3.69. The van der Waals surface area contributed by atoms with E-state index in [-0.39, 0.29) is 0 Å². The van der Waals surface area contributed by atoms with Gasteiger partial charge in [0.1, 0.15) is 12.2 Å². The highest BCUT2D eigenvalue weighted by molar-refractivity contribution is 5.96. The molecule has 0 aliphatic carbocycles. The van der Waals surface area contributed by atoms with Crippen molar-refractivity contribution >= 4 is 34.9 Å². The van der Waals surface area contributed by atoms with Crippen molar-refractivity contribution in [2.75, 3.05) is 7.11 Å². The van der Waals surface area contributed by atoms with Gasteiger partial charge in [-0.05, 0) is 35.6 Å². The molecule has 0 unspecified atom stereocenters. The maximum atomic E-state index is 11.8. The molecular formula is C23H20O4. The zero-order valence-electron chi connectivity index (χ0n) is 15.3. The Morgan fingerprint density at radius 2 is 1.59 bits per heavy atom. The molecule has 0 spiro atoms. The van der Waals surface area contributed by atoms with Crippen LogP contribution in [0.25, 0.3) is 22.9 Å². The van der Waals surface area contributed by atoms with Gasteiger partial charge in [0.2, 0.25) is 0 Å². The average Bonchev–Trinajstić information content (AvgIpc) is 2.67. The van der Waals surface area contributed by atoms with Gasteiger partial charge < -0.3 is 9.47 Å². The number of hydrogen-bond donors (Lipinski definition) is 0. The summed E-state index contributed by atoms with van der Waals surface area (Å²) in [4.78, 5) is 23.0. The lowest BCUT2D eigenvalue weighted by Gasteiger charge is -2.08. The number of methoxy groups -OCH3 is 1. The molecule has 3 aromatic rings. The van der Waals surface area contributed by atoms with Gasteiger partial charge in [0.25, 0.3) is 0 Å². The van der Waals surface area contributed by atoms with Crippen LogP contribution in [-0.4, -0.2) is 19.0 Å². The number of fused-ring (bicyclic) bond motifs is 1. The molecule has 0 heterocycles. The molecule has 0 saturated carbocycles. The SMILES string of the molecule is COC(=O)CC(=O)Oc1cccc2cc(C=Cc3ccc(C)cc3)ccc12. The molecule has 0 bridgehead atoms. The second-order valence-electron chi connectivity index (χ2n) is 6.21. The number of ether oxygens (including phenoxy) is 2. The minimum atomic E-state index is -0.641. The fraction of sp³-hybridized carbons (Fsp3) is 0.130. The topological polar surface area (TPSA) is 52.6 Å². The monoisotopic (exact) mass is 360 g/mol. The molecule has 0 aromatic heterocycles. The molecule has 0 aliphatic rings. The van der Waals surface area contributed by atoms with E-state index in [9.17, 15) is 9.59 Å². The van der Waals surface area contributed by atoms with Crippen LogP contribution in [0.2, 0.25) is 0 Å². The third kappa shape index (κ3) is 4.82. The maximum absolute atomic E-state index is 11.8. The van der Waals surface area contributed by atoms with Crippen LogP contribution in [0.15, 0.2) is 60.7 Å². The zero-order chi connectivity index (χ0) is 19.2. The van der Waals surface area contributed by atoms with Crippen molar-refractivity contribution in [1.82, 2.24) is 0 Å². The highest BCUT2D eigenvalue weighted by Gasteiger charge is 2.13. The predicted octanol–water partition coefficient (Wildman–Crippen LogP) is 4.79. The Hall–Kier alpha value is -3.40. The van der Waals surface area contributed by atoms with Crippen LogP contribution in [0.3, 0.4) is 0 Å². The van der Waals surface area contributed by atoms with E-state index >= 15 is 0 Å². The fourth-order valence-electron chi connectivity index (χ4n) is 2.68. The summed E-state index contributed by atoms with van der Waals surface area (Å²) in [5.41, 5.74) is 3.40. The van der Waals surface area contributed by atoms with Crippen molar-refractivity contribution in [3.05, 3.63) is 77.4 Å². The van der Waals surface area contributed by atoms with E-state index in [1.807, 2.05) is 36.4 Å². The number of rotatable bonds is 5. The summed E-state index contributed by atoms with van der Waals surface area (Å²) in [6, 6.07) is 19.7. The number of hydrogen-bond acceptors (Lipinski definition) is 4. The van der Waals surface area contributed by atoms with Gasteiger partial charge in [0.05, 0.1) is 7.11 Å². The minimum absolute atomic E-state index is 0.412. The van der Waals surface area contributed by atoms with Gasteiger partial charge in [-0.3, -0.25) is 9.59 Å². The standard InChI is InChI=1S/C23H20O4/c1-16-6-8-17(9-7-16)10-11-18-12-13-20-19(14-18)4-3-5-21(20)27-23(25)15-22(24)26-2/h3-14H,15H2,1-2H3. The van der Waals surface area contributed by atoms with Crippen LogP contribution in [0.5, 0.6) is 5.75 Å². The number of esters is 2. The molecule has 0 saturated heterocycles. The summed E-state index contributed by atoms with van der Waals surface area (Å²) in [5, 5.41) is 1.76. The highest BCUT2D eigenvalue weighted by Crippen LogP contribution is 2.27. The van der Waals surface area contributed by atoms with Gasteiger partial charge in [-0.15, -0.1) is 0 Å². The molecule has 0 N–H and O–H groups in total. The first-order chi connectivity index (χ1) is 13.0. The minimum Gasteiger partial charge on any atom is -0.469 e. The van der Waals surface area contributed by atoms with Gasteiger partial charge >= 0.3 is 11.9 Å². The molecule has 4 nitrogen and oxygen atoms in total. The first-order valence-electron chi connectivity index (χ1n) is 8.60. The Morgan fingerprint density at radius 1 is 0.889 bits per heavy atom. The van der Waals surface area contributed by atoms with Gasteiger partial charge in [-0.25, -0.2) is 0 Å². The molecule has 4 heteroatoms. The predicted molar refractivity (Wildman–Crippen MR) is 106 cm³/mol. The Bertz CT molecular complexity index is 1000. The van der Waals surface area contributed by atoms with Crippen LogP contribution in [0.1, 0.15) is 23.1 Å². The van der Waals surface area contributed by atoms with E-state index in [2.05, 4.69) is 42.0 Å². The second kappa shape index (κ2) is 8.32. The fourth-order valence-corrected chi connectivity index (χ4v) is 2.68. The van der Waals surface area contributed by atoms with Crippen LogP contribution < -0.4 is 4.74 Å². The summed E-state index contributed by atoms with van der Waals surface area (Å²) in [7, 11) is 1.24. The largest absolute Gasteiger partial charge is 0.469 e. The van der Waals surface area contributed by atoms with Crippen LogP contribution >= 0.6 is 0 Å². The van der Waals surface area contributed by atoms with E-state index in [1.165, 1.54) is 12.7 Å². The number of carbonyl (C=O) groups is 2. The molecule has 0 atom stereocenters. The molecule has 0 fully saturated rings. The quantitative estimate of drug-likeness (QED) is 0.284. The van der Waals surface area contributed by atoms with Gasteiger partial charge in [0.15, 0.2) is 0 Å². The molecule has 136 valence electrons. The first kappa shape index (κ1) is 18.4. The lowest BCUT2D eigenvalue weighted by atomic mass is 10.0. The first-order valence-corrected chi connectivity index (χ1v) is 8.60. The summed E-state index contributed by atoms with van der Waals surface area (Å²) in [6.45, 7) is 2.06. The Kier molecular flexibility index (Phi) is 5.67. The molecular weight excluding hydrogens is 340 g/mol. The summed E-state index contributed by atoms with van der Waals surface area (Å²) < 4.78 is 9.81. The van der Waals surface area contributed by atoms with E-state index in [4.69, 9.17) is 4.74 Å². The molecule has 3 aromatic carbocycles. The normalized spacial score (nSPS) is 10.9. The smallest absolute Gasteiger partial charge is 0.322 e. The van der Waals surface area contributed by atoms with E-state index < -0.39 is 18.4 Å². The van der Waals surface area contributed by atoms with Crippen molar-refractivity contribution < 1.29 is 19.1 Å². The number of benzene rings is 3. The third-order valence-electron chi connectivity index (χ3n) is 4.15. The van der Waals surface area contributed by atoms with Crippen molar-refractivity contribution in [2.24, 2.45) is 0 Å². The molecule has 0 radical (unpaired) electrons. The van der Waals surface area contributed by atoms with Crippen molar-refractivity contribution in [1.29, 1.82) is 0 Å². The van der Waals surface area contributed by atoms with Crippen LogP contribution in [-0.2, 0) is 14.3 Å². The van der Waals surface area contributed by atoms with Crippen LogP contribution in [0, 0.1) is 6.92 Å². The van der Waals surface area contributed by atoms with Gasteiger partial charge in [-0.2, -0.15) is 0 Å². The van der Waals surface area contributed by atoms with Crippen LogP contribution in [0.4, 0.5) is 0 Å². The lowest BCUT2D eigenvalue weighted by molar-refractivity contribution is -0.148. The summed E-state index contributed by atoms with van der Waals surface area (Å²) in [5.74, 6) is -0.836. The molecule has 3 rings (SSSR count). The number of carbonyl (C=O) groups excluding carboxylic acids is 2. The second-order valence-corrected chi connectivity index (χ2v) is 6.21. The van der Waals surface area contributed by atoms with E-state index in [1.54, 1.807) is 6.07 Å². The highest BCUT2D eigenvalue weighted by atomic mass is 16.5. The summed E-state index contributed by atoms with van der Waals surface area (Å²) >= 11 is 0. The molecule has 27 heavy (non-hydrogen) atoms.